The van der Waals surface area contributed by atoms with Gasteiger partial charge in [-0.25, -0.2) is 0 Å². The molecule has 88 valence electrons. The van der Waals surface area contributed by atoms with E-state index in [1.807, 2.05) is 0 Å². The van der Waals surface area contributed by atoms with Crippen LogP contribution in [0.1, 0.15) is 64.7 Å². The zero-order valence-electron chi connectivity index (χ0n) is 10.0. The van der Waals surface area contributed by atoms with Gasteiger partial charge in [0, 0.05) is 6.04 Å². The summed E-state index contributed by atoms with van der Waals surface area (Å²) in [4.78, 5) is 0. The maximum atomic E-state index is 6.25. The summed E-state index contributed by atoms with van der Waals surface area (Å²) in [6, 6.07) is 0.358. The highest BCUT2D eigenvalue weighted by Crippen LogP contribution is 2.44. The molecule has 1 heterocycles. The van der Waals surface area contributed by atoms with Crippen molar-refractivity contribution in [2.24, 2.45) is 5.73 Å². The average molecular weight is 211 g/mol. The van der Waals surface area contributed by atoms with E-state index in [4.69, 9.17) is 10.5 Å². The summed E-state index contributed by atoms with van der Waals surface area (Å²) in [6.45, 7) is 2.20. The van der Waals surface area contributed by atoms with Gasteiger partial charge in [-0.3, -0.25) is 0 Å². The molecular formula is C13H25NO. The summed E-state index contributed by atoms with van der Waals surface area (Å²) in [7, 11) is 0. The normalized spacial score (nSPS) is 31.2. The average Bonchev–Trinajstić information content (AvgIpc) is 2.79. The molecule has 15 heavy (non-hydrogen) atoms. The topological polar surface area (TPSA) is 35.2 Å². The monoisotopic (exact) mass is 211 g/mol. The smallest absolute Gasteiger partial charge is 0.0687 e. The minimum atomic E-state index is 0.288. The summed E-state index contributed by atoms with van der Waals surface area (Å²) >= 11 is 0. The van der Waals surface area contributed by atoms with Gasteiger partial charge >= 0.3 is 0 Å². The highest BCUT2D eigenvalue weighted by molar-refractivity contribution is 4.93. The highest BCUT2D eigenvalue weighted by atomic mass is 16.5. The van der Waals surface area contributed by atoms with Crippen LogP contribution in [0.3, 0.4) is 0 Å². The molecular weight excluding hydrogens is 186 g/mol. The molecule has 1 aliphatic heterocycles. The summed E-state index contributed by atoms with van der Waals surface area (Å²) in [6.07, 6.45) is 11.8. The van der Waals surface area contributed by atoms with Crippen molar-refractivity contribution in [3.63, 3.8) is 0 Å². The maximum Gasteiger partial charge on any atom is 0.0687 e. The van der Waals surface area contributed by atoms with Crippen LogP contribution in [0.4, 0.5) is 0 Å². The minimum Gasteiger partial charge on any atom is -0.372 e. The first-order valence-electron chi connectivity index (χ1n) is 6.67. The predicted octanol–water partition coefficient (Wildman–Crippen LogP) is 3.00. The molecule has 1 aliphatic carbocycles. The SMILES string of the molecule is CCCC(N)CC1CCC2(CCCC2)O1. The summed E-state index contributed by atoms with van der Waals surface area (Å²) < 4.78 is 6.25. The first-order chi connectivity index (χ1) is 7.24. The number of nitrogens with two attached hydrogens (primary N) is 1. The first-order valence-corrected chi connectivity index (χ1v) is 6.67. The first kappa shape index (κ1) is 11.4. The van der Waals surface area contributed by atoms with Gasteiger partial charge in [-0.1, -0.05) is 26.2 Å². The number of hydrogen-bond acceptors (Lipinski definition) is 2. The third-order valence-corrected chi connectivity index (χ3v) is 4.08. The molecule has 2 nitrogen and oxygen atoms in total. The zero-order valence-corrected chi connectivity index (χ0v) is 10.0. The van der Waals surface area contributed by atoms with Gasteiger partial charge in [0.2, 0.25) is 0 Å². The van der Waals surface area contributed by atoms with E-state index in [2.05, 4.69) is 6.92 Å². The summed E-state index contributed by atoms with van der Waals surface area (Å²) in [5.74, 6) is 0. The van der Waals surface area contributed by atoms with E-state index in [-0.39, 0.29) is 5.60 Å². The van der Waals surface area contributed by atoms with Crippen LogP contribution in [-0.4, -0.2) is 17.7 Å². The lowest BCUT2D eigenvalue weighted by atomic mass is 9.97. The van der Waals surface area contributed by atoms with Crippen molar-refractivity contribution < 1.29 is 4.74 Å². The van der Waals surface area contributed by atoms with Crippen LogP contribution in [0, 0.1) is 0 Å². The fraction of sp³-hybridized carbons (Fsp3) is 1.00. The molecule has 0 aromatic rings. The van der Waals surface area contributed by atoms with Gasteiger partial charge in [-0.15, -0.1) is 0 Å². The third-order valence-electron chi connectivity index (χ3n) is 4.08. The second-order valence-electron chi connectivity index (χ2n) is 5.45. The molecule has 1 spiro atoms. The molecule has 2 unspecified atom stereocenters. The number of hydrogen-bond donors (Lipinski definition) is 1. The summed E-state index contributed by atoms with van der Waals surface area (Å²) in [5.41, 5.74) is 6.36. The van der Waals surface area contributed by atoms with Crippen molar-refractivity contribution in [1.29, 1.82) is 0 Å². The van der Waals surface area contributed by atoms with E-state index >= 15 is 0 Å². The second kappa shape index (κ2) is 4.84. The molecule has 2 heteroatoms. The standard InChI is InChI=1S/C13H25NO/c1-2-5-11(14)10-12-6-9-13(15-12)7-3-4-8-13/h11-12H,2-10,14H2,1H3. The van der Waals surface area contributed by atoms with Crippen LogP contribution in [0.2, 0.25) is 0 Å². The third kappa shape index (κ3) is 2.73. The zero-order chi connectivity index (χ0) is 10.7. The fourth-order valence-corrected chi connectivity index (χ4v) is 3.27. The lowest BCUT2D eigenvalue weighted by Gasteiger charge is -2.24. The van der Waals surface area contributed by atoms with E-state index < -0.39 is 0 Å². The van der Waals surface area contributed by atoms with Gasteiger partial charge in [0.05, 0.1) is 11.7 Å². The van der Waals surface area contributed by atoms with Crippen molar-refractivity contribution in [3.8, 4) is 0 Å². The van der Waals surface area contributed by atoms with E-state index in [1.54, 1.807) is 0 Å². The Morgan fingerprint density at radius 2 is 2.07 bits per heavy atom. The molecule has 0 amide bonds. The van der Waals surface area contributed by atoms with Crippen LogP contribution in [0.15, 0.2) is 0 Å². The Hall–Kier alpha value is -0.0800. The van der Waals surface area contributed by atoms with Crippen LogP contribution in [0.5, 0.6) is 0 Å². The molecule has 2 aliphatic rings. The lowest BCUT2D eigenvalue weighted by Crippen LogP contribution is -2.29. The minimum absolute atomic E-state index is 0.288. The van der Waals surface area contributed by atoms with Crippen molar-refractivity contribution in [3.05, 3.63) is 0 Å². The van der Waals surface area contributed by atoms with Crippen molar-refractivity contribution in [2.45, 2.75) is 82.5 Å². The molecule has 0 bridgehead atoms. The molecule has 1 saturated heterocycles. The fourth-order valence-electron chi connectivity index (χ4n) is 3.27. The number of rotatable bonds is 4. The molecule has 2 atom stereocenters. The van der Waals surface area contributed by atoms with Crippen molar-refractivity contribution in [2.75, 3.05) is 0 Å². The highest BCUT2D eigenvalue weighted by Gasteiger charge is 2.42. The maximum absolute atomic E-state index is 6.25. The van der Waals surface area contributed by atoms with Gasteiger partial charge in [-0.05, 0) is 38.5 Å². The predicted molar refractivity (Wildman–Crippen MR) is 62.8 cm³/mol. The number of ether oxygens (including phenoxy) is 1. The van der Waals surface area contributed by atoms with Crippen LogP contribution < -0.4 is 5.73 Å². The van der Waals surface area contributed by atoms with Gasteiger partial charge in [0.15, 0.2) is 0 Å². The van der Waals surface area contributed by atoms with Crippen molar-refractivity contribution in [1.82, 2.24) is 0 Å². The summed E-state index contributed by atoms with van der Waals surface area (Å²) in [5, 5.41) is 0. The van der Waals surface area contributed by atoms with E-state index in [1.165, 1.54) is 44.9 Å². The molecule has 0 aromatic heterocycles. The molecule has 2 rings (SSSR count). The Bertz CT molecular complexity index is 199. The van der Waals surface area contributed by atoms with E-state index in [9.17, 15) is 0 Å². The van der Waals surface area contributed by atoms with Gasteiger partial charge in [0.1, 0.15) is 0 Å². The van der Waals surface area contributed by atoms with Gasteiger partial charge < -0.3 is 10.5 Å². The van der Waals surface area contributed by atoms with Crippen LogP contribution >= 0.6 is 0 Å². The molecule has 1 saturated carbocycles. The Labute approximate surface area is 93.6 Å². The van der Waals surface area contributed by atoms with Gasteiger partial charge in [-0.2, -0.15) is 0 Å². The Kier molecular flexibility index (Phi) is 3.68. The quantitative estimate of drug-likeness (QED) is 0.776. The van der Waals surface area contributed by atoms with E-state index in [0.29, 0.717) is 12.1 Å². The molecule has 0 radical (unpaired) electrons. The second-order valence-corrected chi connectivity index (χ2v) is 5.45. The van der Waals surface area contributed by atoms with Crippen molar-refractivity contribution >= 4 is 0 Å². The Morgan fingerprint density at radius 3 is 2.73 bits per heavy atom. The lowest BCUT2D eigenvalue weighted by molar-refractivity contribution is -0.0410. The van der Waals surface area contributed by atoms with E-state index in [0.717, 1.165) is 12.8 Å². The molecule has 2 N–H and O–H groups in total. The Morgan fingerprint density at radius 1 is 1.33 bits per heavy atom. The molecule has 0 aromatic carbocycles. The van der Waals surface area contributed by atoms with Crippen LogP contribution in [0.25, 0.3) is 0 Å². The largest absolute Gasteiger partial charge is 0.372 e. The Balaban J connectivity index is 1.77. The van der Waals surface area contributed by atoms with Gasteiger partial charge in [0.25, 0.3) is 0 Å². The van der Waals surface area contributed by atoms with Crippen LogP contribution in [-0.2, 0) is 4.74 Å². The molecule has 2 fully saturated rings.